The summed E-state index contributed by atoms with van der Waals surface area (Å²) in [6.45, 7) is 6.42. The Balaban J connectivity index is 1.45. The Kier molecular flexibility index (Phi) is 7.31. The first-order chi connectivity index (χ1) is 15.0. The highest BCUT2D eigenvalue weighted by atomic mass is 16.2. The van der Waals surface area contributed by atoms with Gasteiger partial charge in [0.25, 0.3) is 0 Å². The highest BCUT2D eigenvalue weighted by Crippen LogP contribution is 2.32. The number of hydrogen-bond acceptors (Lipinski definition) is 3. The van der Waals surface area contributed by atoms with E-state index < -0.39 is 0 Å². The minimum atomic E-state index is 0.227. The van der Waals surface area contributed by atoms with E-state index in [0.717, 1.165) is 38.6 Å². The van der Waals surface area contributed by atoms with Crippen LogP contribution in [0.5, 0.6) is 0 Å². The Morgan fingerprint density at radius 2 is 1.74 bits per heavy atom. The average molecular weight is 426 g/mol. The van der Waals surface area contributed by atoms with Gasteiger partial charge in [-0.05, 0) is 51.5 Å². The zero-order valence-corrected chi connectivity index (χ0v) is 19.3. The van der Waals surface area contributed by atoms with Crippen LogP contribution in [0, 0.1) is 0 Å². The molecule has 2 atom stereocenters. The van der Waals surface area contributed by atoms with Crippen molar-refractivity contribution in [3.8, 4) is 0 Å². The van der Waals surface area contributed by atoms with Crippen molar-refractivity contribution in [2.75, 3.05) is 13.1 Å². The maximum atomic E-state index is 13.4. The van der Waals surface area contributed by atoms with Crippen LogP contribution in [0.1, 0.15) is 77.2 Å². The van der Waals surface area contributed by atoms with Crippen molar-refractivity contribution < 1.29 is 9.59 Å². The SMILES string of the molecule is CC(C)N(C(=O)CN1CC[C@@H]2[C@H]1CCCC(=O)N2Cc1ccccc1)C1CCCCC1. The largest absolute Gasteiger partial charge is 0.336 e. The van der Waals surface area contributed by atoms with E-state index in [-0.39, 0.29) is 23.9 Å². The predicted molar refractivity (Wildman–Crippen MR) is 123 cm³/mol. The molecule has 0 bridgehead atoms. The number of carbonyl (C=O) groups excluding carboxylic acids is 2. The third-order valence-electron chi connectivity index (χ3n) is 7.58. The van der Waals surface area contributed by atoms with E-state index in [1.807, 2.05) is 18.2 Å². The molecule has 2 amide bonds. The number of benzene rings is 1. The third kappa shape index (κ3) is 5.14. The van der Waals surface area contributed by atoms with E-state index in [1.165, 1.54) is 24.8 Å². The Morgan fingerprint density at radius 3 is 2.45 bits per heavy atom. The van der Waals surface area contributed by atoms with Crippen LogP contribution >= 0.6 is 0 Å². The van der Waals surface area contributed by atoms with Gasteiger partial charge in [0, 0.05) is 43.7 Å². The number of carbonyl (C=O) groups is 2. The van der Waals surface area contributed by atoms with Crippen LogP contribution in [-0.4, -0.2) is 63.8 Å². The fourth-order valence-corrected chi connectivity index (χ4v) is 6.14. The summed E-state index contributed by atoms with van der Waals surface area (Å²) in [4.78, 5) is 33.0. The second kappa shape index (κ2) is 10.2. The molecule has 4 rings (SSSR count). The fraction of sp³-hybridized carbons (Fsp3) is 0.692. The molecule has 1 aromatic rings. The summed E-state index contributed by atoms with van der Waals surface area (Å²) in [5, 5.41) is 0. The van der Waals surface area contributed by atoms with Crippen molar-refractivity contribution in [1.82, 2.24) is 14.7 Å². The fourth-order valence-electron chi connectivity index (χ4n) is 6.14. The summed E-state index contributed by atoms with van der Waals surface area (Å²) >= 11 is 0. The molecule has 2 heterocycles. The summed E-state index contributed by atoms with van der Waals surface area (Å²) in [5.74, 6) is 0.559. The molecule has 0 N–H and O–H groups in total. The topological polar surface area (TPSA) is 43.9 Å². The van der Waals surface area contributed by atoms with Gasteiger partial charge in [0.05, 0.1) is 6.54 Å². The zero-order valence-electron chi connectivity index (χ0n) is 19.3. The van der Waals surface area contributed by atoms with Gasteiger partial charge in [-0.2, -0.15) is 0 Å². The van der Waals surface area contributed by atoms with Crippen LogP contribution in [-0.2, 0) is 16.1 Å². The van der Waals surface area contributed by atoms with Crippen LogP contribution in [0.15, 0.2) is 30.3 Å². The second-order valence-electron chi connectivity index (χ2n) is 9.98. The van der Waals surface area contributed by atoms with E-state index in [1.54, 1.807) is 0 Å². The number of fused-ring (bicyclic) bond motifs is 1. The van der Waals surface area contributed by atoms with Gasteiger partial charge in [-0.25, -0.2) is 0 Å². The maximum Gasteiger partial charge on any atom is 0.237 e. The van der Waals surface area contributed by atoms with Gasteiger partial charge in [0.15, 0.2) is 0 Å². The van der Waals surface area contributed by atoms with Gasteiger partial charge in [-0.3, -0.25) is 14.5 Å². The van der Waals surface area contributed by atoms with Crippen LogP contribution < -0.4 is 0 Å². The van der Waals surface area contributed by atoms with Gasteiger partial charge >= 0.3 is 0 Å². The number of nitrogens with zero attached hydrogens (tertiary/aromatic N) is 3. The number of hydrogen-bond donors (Lipinski definition) is 0. The highest BCUT2D eigenvalue weighted by Gasteiger charge is 2.42. The lowest BCUT2D eigenvalue weighted by atomic mass is 9.93. The normalized spacial score (nSPS) is 25.5. The molecule has 3 fully saturated rings. The van der Waals surface area contributed by atoms with Gasteiger partial charge in [-0.1, -0.05) is 49.6 Å². The lowest BCUT2D eigenvalue weighted by Crippen LogP contribution is -2.52. The van der Waals surface area contributed by atoms with Crippen LogP contribution in [0.2, 0.25) is 0 Å². The standard InChI is InChI=1S/C26H39N3O2/c1-20(2)29(22-12-7-4-8-13-22)26(31)19-27-17-16-24-23(27)14-9-15-25(30)28(24)18-21-10-5-3-6-11-21/h3,5-6,10-11,20,22-24H,4,7-9,12-19H2,1-2H3/t23-,24-/m1/s1. The molecule has 170 valence electrons. The molecule has 0 aromatic heterocycles. The van der Waals surface area contributed by atoms with Crippen molar-refractivity contribution in [3.05, 3.63) is 35.9 Å². The van der Waals surface area contributed by atoms with Crippen molar-refractivity contribution in [3.63, 3.8) is 0 Å². The molecule has 3 aliphatic rings. The van der Waals surface area contributed by atoms with Crippen molar-refractivity contribution in [2.45, 2.75) is 102 Å². The van der Waals surface area contributed by atoms with Crippen molar-refractivity contribution in [1.29, 1.82) is 0 Å². The molecule has 5 heteroatoms. The molecular formula is C26H39N3O2. The van der Waals surface area contributed by atoms with Crippen molar-refractivity contribution in [2.24, 2.45) is 0 Å². The minimum Gasteiger partial charge on any atom is -0.336 e. The van der Waals surface area contributed by atoms with Gasteiger partial charge in [0.2, 0.25) is 11.8 Å². The minimum absolute atomic E-state index is 0.227. The predicted octanol–water partition coefficient (Wildman–Crippen LogP) is 4.21. The molecule has 1 aliphatic carbocycles. The zero-order chi connectivity index (χ0) is 21.8. The number of likely N-dealkylation sites (tertiary alicyclic amines) is 2. The van der Waals surface area contributed by atoms with Crippen molar-refractivity contribution >= 4 is 11.8 Å². The van der Waals surface area contributed by atoms with E-state index in [0.29, 0.717) is 31.6 Å². The van der Waals surface area contributed by atoms with Crippen LogP contribution in [0.3, 0.4) is 0 Å². The second-order valence-corrected chi connectivity index (χ2v) is 9.98. The molecular weight excluding hydrogens is 386 g/mol. The van der Waals surface area contributed by atoms with E-state index in [4.69, 9.17) is 0 Å². The molecule has 31 heavy (non-hydrogen) atoms. The summed E-state index contributed by atoms with van der Waals surface area (Å²) < 4.78 is 0. The lowest BCUT2D eigenvalue weighted by Gasteiger charge is -2.39. The summed E-state index contributed by atoms with van der Waals surface area (Å²) in [5.41, 5.74) is 1.19. The summed E-state index contributed by atoms with van der Waals surface area (Å²) in [6.07, 6.45) is 9.62. The number of rotatable bonds is 6. The van der Waals surface area contributed by atoms with Crippen LogP contribution in [0.25, 0.3) is 0 Å². The molecule has 1 saturated carbocycles. The molecule has 0 radical (unpaired) electrons. The highest BCUT2D eigenvalue weighted by molar-refractivity contribution is 5.79. The van der Waals surface area contributed by atoms with E-state index in [2.05, 4.69) is 40.7 Å². The maximum absolute atomic E-state index is 13.4. The first-order valence-electron chi connectivity index (χ1n) is 12.4. The smallest absolute Gasteiger partial charge is 0.237 e. The monoisotopic (exact) mass is 425 g/mol. The van der Waals surface area contributed by atoms with Gasteiger partial charge in [-0.15, -0.1) is 0 Å². The molecule has 1 aromatic carbocycles. The summed E-state index contributed by atoms with van der Waals surface area (Å²) in [6, 6.07) is 11.5. The number of amides is 2. The molecule has 2 saturated heterocycles. The van der Waals surface area contributed by atoms with E-state index in [9.17, 15) is 9.59 Å². The first-order valence-corrected chi connectivity index (χ1v) is 12.4. The quantitative estimate of drug-likeness (QED) is 0.686. The van der Waals surface area contributed by atoms with Gasteiger partial charge in [0.1, 0.15) is 0 Å². The Bertz CT molecular complexity index is 744. The Hall–Kier alpha value is -1.88. The molecule has 2 aliphatic heterocycles. The average Bonchev–Trinajstić information content (AvgIpc) is 3.07. The summed E-state index contributed by atoms with van der Waals surface area (Å²) in [7, 11) is 0. The molecule has 0 spiro atoms. The Morgan fingerprint density at radius 1 is 1.00 bits per heavy atom. The van der Waals surface area contributed by atoms with E-state index >= 15 is 0 Å². The molecule has 5 nitrogen and oxygen atoms in total. The third-order valence-corrected chi connectivity index (χ3v) is 7.58. The molecule has 0 unspecified atom stereocenters. The lowest BCUT2D eigenvalue weighted by molar-refractivity contribution is -0.138. The van der Waals surface area contributed by atoms with Gasteiger partial charge < -0.3 is 9.80 Å². The Labute approximate surface area is 187 Å². The van der Waals surface area contributed by atoms with Crippen LogP contribution in [0.4, 0.5) is 0 Å². The first kappa shape index (κ1) is 22.3.